The van der Waals surface area contributed by atoms with Crippen molar-refractivity contribution in [2.45, 2.75) is 37.8 Å². The van der Waals surface area contributed by atoms with Crippen LogP contribution < -0.4 is 0 Å². The van der Waals surface area contributed by atoms with Gasteiger partial charge in [0.1, 0.15) is 0 Å². The first kappa shape index (κ1) is 9.44. The lowest BCUT2D eigenvalue weighted by atomic mass is 9.99. The SMILES string of the molecule is CC1CC(O)CC(O)(C(=O)O)O1. The first-order chi connectivity index (χ1) is 5.44. The number of carboxylic acids is 1. The Labute approximate surface area is 69.6 Å². The predicted octanol–water partition coefficient (Wildman–Crippen LogP) is -0.681. The van der Waals surface area contributed by atoms with Crippen LogP contribution in [0.5, 0.6) is 0 Å². The summed E-state index contributed by atoms with van der Waals surface area (Å²) in [5.41, 5.74) is 0. The molecule has 0 bridgehead atoms. The van der Waals surface area contributed by atoms with Crippen LogP contribution in [0.3, 0.4) is 0 Å². The Morgan fingerprint density at radius 2 is 2.25 bits per heavy atom. The van der Waals surface area contributed by atoms with Gasteiger partial charge in [0.15, 0.2) is 0 Å². The fourth-order valence-corrected chi connectivity index (χ4v) is 1.35. The summed E-state index contributed by atoms with van der Waals surface area (Å²) in [6.45, 7) is 1.61. The van der Waals surface area contributed by atoms with E-state index in [1.165, 1.54) is 0 Å². The van der Waals surface area contributed by atoms with Gasteiger partial charge in [0.2, 0.25) is 0 Å². The number of hydrogen-bond donors (Lipinski definition) is 3. The predicted molar refractivity (Wildman–Crippen MR) is 38.4 cm³/mol. The molecule has 1 saturated heterocycles. The third-order valence-corrected chi connectivity index (χ3v) is 1.85. The molecular weight excluding hydrogens is 164 g/mol. The molecule has 70 valence electrons. The summed E-state index contributed by atoms with van der Waals surface area (Å²) in [6.07, 6.45) is -1.16. The minimum atomic E-state index is -2.21. The molecule has 1 aliphatic heterocycles. The summed E-state index contributed by atoms with van der Waals surface area (Å²) >= 11 is 0. The number of hydrogen-bond acceptors (Lipinski definition) is 4. The van der Waals surface area contributed by atoms with Crippen molar-refractivity contribution < 1.29 is 24.9 Å². The maximum Gasteiger partial charge on any atom is 0.364 e. The molecule has 12 heavy (non-hydrogen) atoms. The van der Waals surface area contributed by atoms with Gasteiger partial charge in [-0.3, -0.25) is 0 Å². The van der Waals surface area contributed by atoms with Gasteiger partial charge in [-0.05, 0) is 13.3 Å². The fraction of sp³-hybridized carbons (Fsp3) is 0.857. The van der Waals surface area contributed by atoms with E-state index in [0.29, 0.717) is 6.42 Å². The van der Waals surface area contributed by atoms with E-state index in [9.17, 15) is 9.90 Å². The molecule has 0 spiro atoms. The normalized spacial score (nSPS) is 42.6. The second kappa shape index (κ2) is 3.01. The molecule has 0 aromatic heterocycles. The molecule has 3 N–H and O–H groups in total. The Morgan fingerprint density at radius 3 is 2.67 bits per heavy atom. The molecule has 0 aromatic carbocycles. The highest BCUT2D eigenvalue weighted by Gasteiger charge is 2.44. The third-order valence-electron chi connectivity index (χ3n) is 1.85. The smallest absolute Gasteiger partial charge is 0.364 e. The van der Waals surface area contributed by atoms with E-state index in [0.717, 1.165) is 0 Å². The topological polar surface area (TPSA) is 87.0 Å². The second-order valence-corrected chi connectivity index (χ2v) is 3.11. The summed E-state index contributed by atoms with van der Waals surface area (Å²) < 4.78 is 4.80. The molecule has 1 rings (SSSR count). The van der Waals surface area contributed by atoms with Crippen molar-refractivity contribution >= 4 is 5.97 Å². The first-order valence-corrected chi connectivity index (χ1v) is 3.76. The van der Waals surface area contributed by atoms with Crippen molar-refractivity contribution in [1.82, 2.24) is 0 Å². The zero-order chi connectivity index (χ0) is 9.35. The van der Waals surface area contributed by atoms with E-state index in [4.69, 9.17) is 14.9 Å². The van der Waals surface area contributed by atoms with Crippen LogP contribution in [0.1, 0.15) is 19.8 Å². The summed E-state index contributed by atoms with van der Waals surface area (Å²) in [6, 6.07) is 0. The number of rotatable bonds is 1. The van der Waals surface area contributed by atoms with Crippen molar-refractivity contribution in [1.29, 1.82) is 0 Å². The van der Waals surface area contributed by atoms with E-state index in [1.54, 1.807) is 6.92 Å². The maximum absolute atomic E-state index is 10.5. The number of ether oxygens (including phenoxy) is 1. The first-order valence-electron chi connectivity index (χ1n) is 3.76. The molecular formula is C7H12O5. The van der Waals surface area contributed by atoms with Gasteiger partial charge in [-0.15, -0.1) is 0 Å². The number of aliphatic hydroxyl groups is 2. The minimum absolute atomic E-state index is 0.271. The molecule has 0 amide bonds. The Hall–Kier alpha value is -0.650. The standard InChI is InChI=1S/C7H12O5/c1-4-2-5(8)3-7(11,12-4)6(9)10/h4-5,8,11H,2-3H2,1H3,(H,9,10). The molecule has 5 heteroatoms. The third kappa shape index (κ3) is 1.74. The largest absolute Gasteiger partial charge is 0.477 e. The van der Waals surface area contributed by atoms with Crippen LogP contribution in [0.4, 0.5) is 0 Å². The monoisotopic (exact) mass is 176 g/mol. The van der Waals surface area contributed by atoms with Gasteiger partial charge in [-0.25, -0.2) is 4.79 Å². The molecule has 0 aromatic rings. The van der Waals surface area contributed by atoms with Crippen LogP contribution in [-0.4, -0.2) is 39.3 Å². The van der Waals surface area contributed by atoms with Gasteiger partial charge in [0.25, 0.3) is 5.79 Å². The van der Waals surface area contributed by atoms with Crippen LogP contribution in [0, 0.1) is 0 Å². The summed E-state index contributed by atoms with van der Waals surface area (Å²) in [5, 5.41) is 27.0. The van der Waals surface area contributed by atoms with E-state index in [1.807, 2.05) is 0 Å². The van der Waals surface area contributed by atoms with Gasteiger partial charge in [0, 0.05) is 6.42 Å². The van der Waals surface area contributed by atoms with E-state index >= 15 is 0 Å². The molecule has 3 atom stereocenters. The van der Waals surface area contributed by atoms with Crippen LogP contribution in [0.15, 0.2) is 0 Å². The van der Waals surface area contributed by atoms with Gasteiger partial charge in [-0.1, -0.05) is 0 Å². The zero-order valence-corrected chi connectivity index (χ0v) is 6.73. The highest BCUT2D eigenvalue weighted by atomic mass is 16.7. The second-order valence-electron chi connectivity index (χ2n) is 3.11. The molecule has 3 unspecified atom stereocenters. The molecule has 5 nitrogen and oxygen atoms in total. The van der Waals surface area contributed by atoms with Gasteiger partial charge < -0.3 is 20.1 Å². The van der Waals surface area contributed by atoms with Crippen molar-refractivity contribution in [2.75, 3.05) is 0 Å². The Kier molecular flexibility index (Phi) is 2.36. The number of carboxylic acid groups (broad SMARTS) is 1. The van der Waals surface area contributed by atoms with Crippen LogP contribution in [0.2, 0.25) is 0 Å². The van der Waals surface area contributed by atoms with E-state index in [2.05, 4.69) is 0 Å². The highest BCUT2D eigenvalue weighted by Crippen LogP contribution is 2.26. The molecule has 0 saturated carbocycles. The molecule has 0 aliphatic carbocycles. The van der Waals surface area contributed by atoms with Gasteiger partial charge in [-0.2, -0.15) is 0 Å². The lowest BCUT2D eigenvalue weighted by Crippen LogP contribution is -2.50. The minimum Gasteiger partial charge on any atom is -0.477 e. The van der Waals surface area contributed by atoms with Gasteiger partial charge >= 0.3 is 5.97 Å². The van der Waals surface area contributed by atoms with Crippen LogP contribution in [0.25, 0.3) is 0 Å². The Morgan fingerprint density at radius 1 is 1.67 bits per heavy atom. The highest BCUT2D eigenvalue weighted by molar-refractivity contribution is 5.75. The van der Waals surface area contributed by atoms with Gasteiger partial charge in [0.05, 0.1) is 12.2 Å². The van der Waals surface area contributed by atoms with Crippen molar-refractivity contribution in [3.63, 3.8) is 0 Å². The quantitative estimate of drug-likeness (QED) is 0.492. The number of carbonyl (C=O) groups is 1. The van der Waals surface area contributed by atoms with Crippen LogP contribution in [-0.2, 0) is 9.53 Å². The van der Waals surface area contributed by atoms with Crippen molar-refractivity contribution in [2.24, 2.45) is 0 Å². The number of aliphatic hydroxyl groups excluding tert-OH is 1. The molecule has 0 radical (unpaired) electrons. The summed E-state index contributed by atoms with van der Waals surface area (Å²) in [7, 11) is 0. The average Bonchev–Trinajstić information content (AvgIpc) is 1.82. The average molecular weight is 176 g/mol. The van der Waals surface area contributed by atoms with Crippen molar-refractivity contribution in [3.8, 4) is 0 Å². The maximum atomic E-state index is 10.5. The molecule has 1 heterocycles. The van der Waals surface area contributed by atoms with E-state index < -0.39 is 24.0 Å². The lowest BCUT2D eigenvalue weighted by molar-refractivity contribution is -0.267. The summed E-state index contributed by atoms with van der Waals surface area (Å²) in [5.74, 6) is -3.66. The van der Waals surface area contributed by atoms with E-state index in [-0.39, 0.29) is 6.42 Å². The zero-order valence-electron chi connectivity index (χ0n) is 6.73. The molecule has 1 aliphatic rings. The lowest BCUT2D eigenvalue weighted by Gasteiger charge is -2.34. The molecule has 1 fully saturated rings. The number of aliphatic carboxylic acids is 1. The van der Waals surface area contributed by atoms with Crippen molar-refractivity contribution in [3.05, 3.63) is 0 Å². The fourth-order valence-electron chi connectivity index (χ4n) is 1.35. The van der Waals surface area contributed by atoms with Crippen LogP contribution >= 0.6 is 0 Å². The Balaban J connectivity index is 2.71. The summed E-state index contributed by atoms with van der Waals surface area (Å²) in [4.78, 5) is 10.5. The Bertz CT molecular complexity index is 180.